The van der Waals surface area contributed by atoms with Crippen LogP contribution in [0, 0.1) is 5.92 Å². The minimum atomic E-state index is -0.824. The van der Waals surface area contributed by atoms with Gasteiger partial charge < -0.3 is 10.4 Å². The lowest BCUT2D eigenvalue weighted by atomic mass is 10.0. The van der Waals surface area contributed by atoms with Crippen LogP contribution in [0.25, 0.3) is 0 Å². The maximum Gasteiger partial charge on any atom is 0.320 e. The highest BCUT2D eigenvalue weighted by Gasteiger charge is 2.28. The first kappa shape index (κ1) is 5.23. The summed E-state index contributed by atoms with van der Waals surface area (Å²) in [7, 11) is 0. The molecule has 52 valence electrons. The molecule has 0 spiro atoms. The molecule has 1 aliphatic heterocycles. The van der Waals surface area contributed by atoms with E-state index in [1.807, 2.05) is 0 Å². The summed E-state index contributed by atoms with van der Waals surface area (Å²) in [4.78, 5) is 10.4. The van der Waals surface area contributed by atoms with Gasteiger partial charge in [-0.25, -0.2) is 0 Å². The highest BCUT2D eigenvalue weighted by Crippen LogP contribution is 2.13. The summed E-state index contributed by atoms with van der Waals surface area (Å²) in [6.45, 7) is 0.949. The van der Waals surface area contributed by atoms with Gasteiger partial charge in [-0.2, -0.15) is 0 Å². The first-order valence-corrected chi connectivity index (χ1v) is 3.01. The molecule has 0 bridgehead atoms. The van der Waals surface area contributed by atoms with E-state index in [1.165, 1.54) is 0 Å². The fraction of sp³-hybridized carbons (Fsp3) is 0.833. The molecular formula is C6H11NO2. The average molecular weight is 130 g/mol. The molecule has 0 amide bonds. The van der Waals surface area contributed by atoms with Crippen LogP contribution in [0.1, 0.15) is 14.7 Å². The van der Waals surface area contributed by atoms with E-state index in [2.05, 4.69) is 5.32 Å². The number of rotatable bonds is 1. The summed E-state index contributed by atoms with van der Waals surface area (Å²) in [5, 5.41) is 11.4. The van der Waals surface area contributed by atoms with Crippen LogP contribution in [-0.4, -0.2) is 23.7 Å². The van der Waals surface area contributed by atoms with Gasteiger partial charge in [-0.05, 0) is 18.9 Å². The Morgan fingerprint density at radius 2 is 2.78 bits per heavy atom. The van der Waals surface area contributed by atoms with Gasteiger partial charge in [-0.3, -0.25) is 4.79 Å². The third kappa shape index (κ3) is 1.21. The number of carboxylic acids is 1. The van der Waals surface area contributed by atoms with Crippen LogP contribution in [0.15, 0.2) is 0 Å². The van der Waals surface area contributed by atoms with Crippen molar-refractivity contribution in [2.24, 2.45) is 5.92 Å². The highest BCUT2D eigenvalue weighted by atomic mass is 16.4. The van der Waals surface area contributed by atoms with Crippen molar-refractivity contribution in [1.29, 1.82) is 0 Å². The van der Waals surface area contributed by atoms with Gasteiger partial charge >= 0.3 is 5.97 Å². The second-order valence-electron chi connectivity index (χ2n) is 2.32. The molecule has 3 nitrogen and oxygen atoms in total. The largest absolute Gasteiger partial charge is 0.480 e. The normalized spacial score (nSPS) is 36.2. The van der Waals surface area contributed by atoms with Crippen LogP contribution >= 0.6 is 0 Å². The van der Waals surface area contributed by atoms with Gasteiger partial charge in [0.15, 0.2) is 0 Å². The molecule has 0 aromatic carbocycles. The van der Waals surface area contributed by atoms with Gasteiger partial charge in [0, 0.05) is 1.37 Å². The van der Waals surface area contributed by atoms with Crippen LogP contribution in [0.5, 0.6) is 0 Å². The predicted octanol–water partition coefficient (Wildman–Crippen LogP) is 0.0690. The van der Waals surface area contributed by atoms with Crippen molar-refractivity contribution < 1.29 is 11.3 Å². The van der Waals surface area contributed by atoms with Crippen LogP contribution in [0.4, 0.5) is 0 Å². The molecule has 3 heteroatoms. The topological polar surface area (TPSA) is 49.3 Å². The SMILES string of the molecule is [2H]C[C@H]1CCN[C@@H]1C(=O)O. The Hall–Kier alpha value is -0.570. The molecule has 0 aliphatic carbocycles. The van der Waals surface area contributed by atoms with Crippen molar-refractivity contribution in [3.63, 3.8) is 0 Å². The molecule has 2 atom stereocenters. The first-order chi connectivity index (χ1) is 4.75. The molecule has 0 aromatic heterocycles. The molecule has 0 saturated carbocycles. The number of nitrogens with one attached hydrogen (secondary N) is 1. The molecule has 0 unspecified atom stereocenters. The molecule has 9 heavy (non-hydrogen) atoms. The predicted molar refractivity (Wildman–Crippen MR) is 33.2 cm³/mol. The van der Waals surface area contributed by atoms with Crippen molar-refractivity contribution in [2.75, 3.05) is 6.54 Å². The smallest absolute Gasteiger partial charge is 0.320 e. The fourth-order valence-electron chi connectivity index (χ4n) is 1.05. The quantitative estimate of drug-likeness (QED) is 0.528. The van der Waals surface area contributed by atoms with E-state index in [0.29, 0.717) is 0 Å². The standard InChI is InChI=1S/C6H11NO2/c1-4-2-3-7-5(4)6(8)9/h4-5,7H,2-3H2,1H3,(H,8,9)/t4-,5-/m0/s1/i1D. The van der Waals surface area contributed by atoms with Gasteiger partial charge in [-0.15, -0.1) is 0 Å². The van der Waals surface area contributed by atoms with Crippen molar-refractivity contribution in [3.8, 4) is 0 Å². The van der Waals surface area contributed by atoms with Gasteiger partial charge in [0.1, 0.15) is 6.04 Å². The van der Waals surface area contributed by atoms with Gasteiger partial charge in [0.2, 0.25) is 0 Å². The third-order valence-electron chi connectivity index (χ3n) is 1.62. The van der Waals surface area contributed by atoms with E-state index in [4.69, 9.17) is 6.48 Å². The molecule has 1 saturated heterocycles. The molecule has 1 rings (SSSR count). The zero-order valence-corrected chi connectivity index (χ0v) is 5.13. The zero-order valence-electron chi connectivity index (χ0n) is 6.13. The van der Waals surface area contributed by atoms with E-state index in [1.54, 1.807) is 0 Å². The molecular weight excluding hydrogens is 118 g/mol. The lowest BCUT2D eigenvalue weighted by Gasteiger charge is -2.07. The summed E-state index contributed by atoms with van der Waals surface area (Å²) in [6, 6.07) is -0.475. The third-order valence-corrected chi connectivity index (χ3v) is 1.62. The maximum absolute atomic E-state index is 10.4. The number of aliphatic carboxylic acids is 1. The van der Waals surface area contributed by atoms with E-state index in [-0.39, 0.29) is 12.8 Å². The summed E-state index contributed by atoms with van der Waals surface area (Å²) >= 11 is 0. The molecule has 0 radical (unpaired) electrons. The average Bonchev–Trinajstić information content (AvgIpc) is 2.33. The fourth-order valence-corrected chi connectivity index (χ4v) is 1.05. The zero-order chi connectivity index (χ0) is 7.56. The van der Waals surface area contributed by atoms with Crippen LogP contribution in [0.3, 0.4) is 0 Å². The second-order valence-corrected chi connectivity index (χ2v) is 2.32. The Morgan fingerprint density at radius 3 is 3.22 bits per heavy atom. The number of carboxylic acid groups (broad SMARTS) is 1. The maximum atomic E-state index is 10.4. The summed E-state index contributed by atoms with van der Waals surface area (Å²) < 4.78 is 7.02. The first-order valence-electron chi connectivity index (χ1n) is 3.72. The van der Waals surface area contributed by atoms with E-state index in [0.717, 1.165) is 13.0 Å². The minimum Gasteiger partial charge on any atom is -0.480 e. The van der Waals surface area contributed by atoms with Crippen molar-refractivity contribution in [3.05, 3.63) is 0 Å². The Kier molecular flexibility index (Phi) is 1.37. The van der Waals surface area contributed by atoms with E-state index >= 15 is 0 Å². The summed E-state index contributed by atoms with van der Waals surface area (Å²) in [6.07, 6.45) is 0.820. The Balaban J connectivity index is 2.50. The number of hydrogen-bond acceptors (Lipinski definition) is 2. The second kappa shape index (κ2) is 2.35. The van der Waals surface area contributed by atoms with Crippen molar-refractivity contribution in [1.82, 2.24) is 5.32 Å². The van der Waals surface area contributed by atoms with Crippen molar-refractivity contribution in [2.45, 2.75) is 19.4 Å². The summed E-state index contributed by atoms with van der Waals surface area (Å²) in [5.74, 6) is -0.813. The van der Waals surface area contributed by atoms with E-state index < -0.39 is 12.0 Å². The molecule has 1 aliphatic rings. The minimum absolute atomic E-state index is 0.0116. The Labute approximate surface area is 55.5 Å². The van der Waals surface area contributed by atoms with Crippen LogP contribution in [-0.2, 0) is 4.79 Å². The van der Waals surface area contributed by atoms with Crippen LogP contribution < -0.4 is 5.32 Å². The molecule has 1 heterocycles. The van der Waals surface area contributed by atoms with Gasteiger partial charge in [0.05, 0.1) is 0 Å². The number of carbonyl (C=O) groups is 1. The van der Waals surface area contributed by atoms with E-state index in [9.17, 15) is 4.79 Å². The summed E-state index contributed by atoms with van der Waals surface area (Å²) in [5.41, 5.74) is 0. The van der Waals surface area contributed by atoms with Gasteiger partial charge in [-0.1, -0.05) is 6.90 Å². The highest BCUT2D eigenvalue weighted by molar-refractivity contribution is 5.74. The molecule has 0 aromatic rings. The lowest BCUT2D eigenvalue weighted by molar-refractivity contribution is -0.139. The monoisotopic (exact) mass is 130 g/mol. The Morgan fingerprint density at radius 1 is 2.00 bits per heavy atom. The van der Waals surface area contributed by atoms with Gasteiger partial charge in [0.25, 0.3) is 0 Å². The number of hydrogen-bond donors (Lipinski definition) is 2. The molecule has 1 fully saturated rings. The van der Waals surface area contributed by atoms with Crippen LogP contribution in [0.2, 0.25) is 0 Å². The molecule has 2 N–H and O–H groups in total. The van der Waals surface area contributed by atoms with Crippen molar-refractivity contribution >= 4 is 5.97 Å². The lowest BCUT2D eigenvalue weighted by Crippen LogP contribution is -2.34. The Bertz CT molecular complexity index is 140.